The minimum absolute atomic E-state index is 0.0558. The van der Waals surface area contributed by atoms with Crippen LogP contribution in [-0.4, -0.2) is 49.8 Å². The van der Waals surface area contributed by atoms with E-state index in [1.54, 1.807) is 6.20 Å². The normalized spacial score (nSPS) is 27.2. The zero-order chi connectivity index (χ0) is 17.1. The Hall–Kier alpha value is -2.31. The number of imidazole rings is 1. The molecule has 134 valence electrons. The van der Waals surface area contributed by atoms with Gasteiger partial charge in [-0.15, -0.1) is 0 Å². The smallest absolute Gasteiger partial charge is 0.317 e. The second kappa shape index (κ2) is 7.29. The molecular weight excluding hydrogens is 316 g/mol. The lowest BCUT2D eigenvalue weighted by Crippen LogP contribution is -2.51. The van der Waals surface area contributed by atoms with Crippen LogP contribution < -0.4 is 5.32 Å². The van der Waals surface area contributed by atoms with Crippen molar-refractivity contribution in [1.29, 1.82) is 0 Å². The Labute approximate surface area is 147 Å². The molecule has 4 rings (SSSR count). The van der Waals surface area contributed by atoms with Gasteiger partial charge in [-0.2, -0.15) is 5.10 Å². The van der Waals surface area contributed by atoms with Crippen molar-refractivity contribution in [2.75, 3.05) is 13.1 Å². The summed E-state index contributed by atoms with van der Waals surface area (Å²) in [6.07, 6.45) is 14.0. The van der Waals surface area contributed by atoms with Crippen LogP contribution in [0.4, 0.5) is 4.79 Å². The van der Waals surface area contributed by atoms with Crippen molar-refractivity contribution in [2.45, 2.75) is 56.5 Å². The summed E-state index contributed by atoms with van der Waals surface area (Å²) >= 11 is 0. The fourth-order valence-electron chi connectivity index (χ4n) is 4.21. The summed E-state index contributed by atoms with van der Waals surface area (Å²) in [5.74, 6) is 1.30. The number of nitrogens with one attached hydrogen (secondary N) is 2. The van der Waals surface area contributed by atoms with E-state index in [1.165, 1.54) is 6.42 Å². The van der Waals surface area contributed by atoms with Crippen LogP contribution in [0.2, 0.25) is 0 Å². The van der Waals surface area contributed by atoms with Crippen molar-refractivity contribution in [1.82, 2.24) is 30.0 Å². The van der Waals surface area contributed by atoms with Crippen LogP contribution >= 0.6 is 0 Å². The van der Waals surface area contributed by atoms with E-state index >= 15 is 0 Å². The SMILES string of the molecule is O=C(N[C@@H]1CCCC[C@@H]1n1cccn1)N1CCC[C@H](c2ncc[nH]2)C1. The van der Waals surface area contributed by atoms with Crippen LogP contribution in [-0.2, 0) is 0 Å². The number of nitrogens with zero attached hydrogens (tertiary/aromatic N) is 4. The molecule has 0 unspecified atom stereocenters. The molecule has 25 heavy (non-hydrogen) atoms. The number of hydrogen-bond acceptors (Lipinski definition) is 3. The zero-order valence-corrected chi connectivity index (χ0v) is 14.5. The van der Waals surface area contributed by atoms with E-state index < -0.39 is 0 Å². The number of urea groups is 1. The molecular formula is C18H26N6O. The first-order chi connectivity index (χ1) is 12.3. The molecule has 7 nitrogen and oxygen atoms in total. The van der Waals surface area contributed by atoms with Crippen LogP contribution in [0.15, 0.2) is 30.9 Å². The summed E-state index contributed by atoms with van der Waals surface area (Å²) in [6, 6.07) is 2.43. The predicted octanol–water partition coefficient (Wildman–Crippen LogP) is 2.68. The molecule has 0 spiro atoms. The number of amides is 2. The lowest BCUT2D eigenvalue weighted by atomic mass is 9.90. The molecule has 2 aliphatic rings. The van der Waals surface area contributed by atoms with E-state index in [4.69, 9.17) is 0 Å². The van der Waals surface area contributed by atoms with Gasteiger partial charge in [0.25, 0.3) is 0 Å². The van der Waals surface area contributed by atoms with Crippen LogP contribution in [0.5, 0.6) is 0 Å². The van der Waals surface area contributed by atoms with Gasteiger partial charge < -0.3 is 15.2 Å². The highest BCUT2D eigenvalue weighted by atomic mass is 16.2. The topological polar surface area (TPSA) is 78.8 Å². The first-order valence-corrected chi connectivity index (χ1v) is 9.35. The highest BCUT2D eigenvalue weighted by Gasteiger charge is 2.31. The van der Waals surface area contributed by atoms with Crippen molar-refractivity contribution < 1.29 is 4.79 Å². The number of aromatic amines is 1. The quantitative estimate of drug-likeness (QED) is 0.900. The number of aromatic nitrogens is 4. The molecule has 0 aromatic carbocycles. The number of carbonyl (C=O) groups excluding carboxylic acids is 1. The van der Waals surface area contributed by atoms with E-state index in [2.05, 4.69) is 20.4 Å². The molecule has 2 N–H and O–H groups in total. The molecule has 0 bridgehead atoms. The summed E-state index contributed by atoms with van der Waals surface area (Å²) < 4.78 is 2.01. The molecule has 0 radical (unpaired) electrons. The highest BCUT2D eigenvalue weighted by molar-refractivity contribution is 5.74. The van der Waals surface area contributed by atoms with Crippen LogP contribution in [0.1, 0.15) is 56.3 Å². The molecule has 1 saturated heterocycles. The van der Waals surface area contributed by atoms with Gasteiger partial charge in [-0.05, 0) is 31.7 Å². The summed E-state index contributed by atoms with van der Waals surface area (Å²) in [5.41, 5.74) is 0. The lowest BCUT2D eigenvalue weighted by molar-refractivity contribution is 0.162. The number of rotatable bonds is 3. The number of H-pyrrole nitrogens is 1. The minimum Gasteiger partial charge on any atom is -0.348 e. The fourth-order valence-corrected chi connectivity index (χ4v) is 4.21. The lowest BCUT2D eigenvalue weighted by Gasteiger charge is -2.36. The highest BCUT2D eigenvalue weighted by Crippen LogP contribution is 2.29. The molecule has 1 aliphatic carbocycles. The maximum atomic E-state index is 12.9. The van der Waals surface area contributed by atoms with Crippen LogP contribution in [0, 0.1) is 0 Å². The van der Waals surface area contributed by atoms with E-state index in [9.17, 15) is 4.79 Å². The monoisotopic (exact) mass is 342 g/mol. The fraction of sp³-hybridized carbons (Fsp3) is 0.611. The van der Waals surface area contributed by atoms with E-state index in [-0.39, 0.29) is 18.1 Å². The largest absolute Gasteiger partial charge is 0.348 e. The summed E-state index contributed by atoms with van der Waals surface area (Å²) in [7, 11) is 0. The Bertz CT molecular complexity index is 668. The van der Waals surface area contributed by atoms with Gasteiger partial charge in [0.15, 0.2) is 0 Å². The number of likely N-dealkylation sites (tertiary alicyclic amines) is 1. The maximum Gasteiger partial charge on any atom is 0.317 e. The molecule has 3 atom stereocenters. The zero-order valence-electron chi connectivity index (χ0n) is 14.5. The summed E-state index contributed by atoms with van der Waals surface area (Å²) in [4.78, 5) is 22.4. The number of hydrogen-bond donors (Lipinski definition) is 2. The van der Waals surface area contributed by atoms with Crippen molar-refractivity contribution in [3.8, 4) is 0 Å². The van der Waals surface area contributed by atoms with Crippen molar-refractivity contribution in [3.63, 3.8) is 0 Å². The average Bonchev–Trinajstić information content (AvgIpc) is 3.36. The Kier molecular flexibility index (Phi) is 4.72. The second-order valence-electron chi connectivity index (χ2n) is 7.15. The van der Waals surface area contributed by atoms with Gasteiger partial charge in [0.2, 0.25) is 0 Å². The Morgan fingerprint density at radius 3 is 2.92 bits per heavy atom. The van der Waals surface area contributed by atoms with E-state index in [1.807, 2.05) is 34.2 Å². The number of carbonyl (C=O) groups is 1. The van der Waals surface area contributed by atoms with Gasteiger partial charge in [-0.3, -0.25) is 4.68 Å². The molecule has 2 aromatic heterocycles. The minimum atomic E-state index is 0.0558. The van der Waals surface area contributed by atoms with Crippen molar-refractivity contribution in [3.05, 3.63) is 36.7 Å². The first kappa shape index (κ1) is 16.2. The van der Waals surface area contributed by atoms with Crippen molar-refractivity contribution >= 4 is 6.03 Å². The molecule has 3 heterocycles. The second-order valence-corrected chi connectivity index (χ2v) is 7.15. The molecule has 2 fully saturated rings. The standard InChI is InChI=1S/C18H26N6O/c25-18(23-11-3-5-14(13-23)17-19-9-10-20-17)22-15-6-1-2-7-16(15)24-12-4-8-21-24/h4,8-10,12,14-16H,1-3,5-7,11,13H2,(H,19,20)(H,22,25)/t14-,15+,16-/m0/s1. The van der Waals surface area contributed by atoms with Crippen LogP contribution in [0.3, 0.4) is 0 Å². The number of piperidine rings is 1. The Morgan fingerprint density at radius 2 is 2.12 bits per heavy atom. The Balaban J connectivity index is 1.40. The van der Waals surface area contributed by atoms with Gasteiger partial charge in [0.05, 0.1) is 12.1 Å². The molecule has 2 aromatic rings. The van der Waals surface area contributed by atoms with Crippen molar-refractivity contribution in [2.24, 2.45) is 0 Å². The van der Waals surface area contributed by atoms with Gasteiger partial charge in [0.1, 0.15) is 5.82 Å². The van der Waals surface area contributed by atoms with Gasteiger partial charge >= 0.3 is 6.03 Å². The van der Waals surface area contributed by atoms with Crippen LogP contribution in [0.25, 0.3) is 0 Å². The summed E-state index contributed by atoms with van der Waals surface area (Å²) in [6.45, 7) is 1.56. The molecule has 2 amide bonds. The average molecular weight is 342 g/mol. The third-order valence-corrected chi connectivity index (χ3v) is 5.52. The molecule has 1 saturated carbocycles. The first-order valence-electron chi connectivity index (χ1n) is 9.35. The third-order valence-electron chi connectivity index (χ3n) is 5.52. The third kappa shape index (κ3) is 3.55. The van der Waals surface area contributed by atoms with Gasteiger partial charge in [-0.25, -0.2) is 9.78 Å². The van der Waals surface area contributed by atoms with E-state index in [0.29, 0.717) is 5.92 Å². The summed E-state index contributed by atoms with van der Waals surface area (Å²) in [5, 5.41) is 7.68. The Morgan fingerprint density at radius 1 is 1.20 bits per heavy atom. The molecule has 1 aliphatic heterocycles. The van der Waals surface area contributed by atoms with Gasteiger partial charge in [0, 0.05) is 43.8 Å². The van der Waals surface area contributed by atoms with Gasteiger partial charge in [-0.1, -0.05) is 12.8 Å². The maximum absolute atomic E-state index is 12.9. The molecule has 7 heteroatoms. The predicted molar refractivity (Wildman–Crippen MR) is 94.2 cm³/mol. The van der Waals surface area contributed by atoms with E-state index in [0.717, 1.165) is 51.0 Å².